The lowest BCUT2D eigenvalue weighted by atomic mass is 10.2. The van der Waals surface area contributed by atoms with Crippen molar-refractivity contribution < 1.29 is 4.79 Å². The van der Waals surface area contributed by atoms with E-state index in [-0.39, 0.29) is 5.91 Å². The molecule has 14 heavy (non-hydrogen) atoms. The summed E-state index contributed by atoms with van der Waals surface area (Å²) >= 11 is 4.94. The lowest BCUT2D eigenvalue weighted by Crippen LogP contribution is -2.17. The standard InChI is InChI=1S/C9H9N3OS/c1-10-8(13)5-2-3-6-7(4-5)12-9(14)11-6/h2-4H,1H3,(H,10,13)(H2,11,12,14). The molecule has 0 atom stereocenters. The van der Waals surface area contributed by atoms with Crippen LogP contribution < -0.4 is 5.32 Å². The van der Waals surface area contributed by atoms with Crippen LogP contribution in [0.1, 0.15) is 10.4 Å². The second-order valence-corrected chi connectivity index (χ2v) is 3.33. The maximum absolute atomic E-state index is 11.3. The average molecular weight is 207 g/mol. The van der Waals surface area contributed by atoms with Crippen molar-refractivity contribution in [2.45, 2.75) is 0 Å². The van der Waals surface area contributed by atoms with Crippen molar-refractivity contribution in [1.82, 2.24) is 15.3 Å². The molecule has 1 aromatic carbocycles. The second-order valence-electron chi connectivity index (χ2n) is 2.92. The van der Waals surface area contributed by atoms with Gasteiger partial charge in [0.25, 0.3) is 5.91 Å². The van der Waals surface area contributed by atoms with Gasteiger partial charge < -0.3 is 15.3 Å². The van der Waals surface area contributed by atoms with Gasteiger partial charge in [0.05, 0.1) is 11.0 Å². The summed E-state index contributed by atoms with van der Waals surface area (Å²) < 4.78 is 0.564. The summed E-state index contributed by atoms with van der Waals surface area (Å²) in [5.41, 5.74) is 2.36. The van der Waals surface area contributed by atoms with Gasteiger partial charge in [0.2, 0.25) is 0 Å². The molecule has 0 radical (unpaired) electrons. The molecule has 2 aromatic rings. The molecule has 4 nitrogen and oxygen atoms in total. The maximum atomic E-state index is 11.3. The molecular formula is C9H9N3OS. The Morgan fingerprint density at radius 3 is 2.79 bits per heavy atom. The second kappa shape index (κ2) is 3.26. The van der Waals surface area contributed by atoms with E-state index in [4.69, 9.17) is 12.2 Å². The topological polar surface area (TPSA) is 60.7 Å². The molecule has 0 fully saturated rings. The number of imidazole rings is 1. The van der Waals surface area contributed by atoms with Gasteiger partial charge in [0.15, 0.2) is 4.77 Å². The molecule has 0 bridgehead atoms. The Morgan fingerprint density at radius 2 is 2.07 bits per heavy atom. The van der Waals surface area contributed by atoms with Crippen LogP contribution in [0.2, 0.25) is 0 Å². The first kappa shape index (κ1) is 8.96. The van der Waals surface area contributed by atoms with Crippen molar-refractivity contribution in [2.75, 3.05) is 7.05 Å². The van der Waals surface area contributed by atoms with Crippen LogP contribution in [0.5, 0.6) is 0 Å². The van der Waals surface area contributed by atoms with Crippen LogP contribution in [0.15, 0.2) is 18.2 Å². The third kappa shape index (κ3) is 1.42. The number of rotatable bonds is 1. The predicted octanol–water partition coefficient (Wildman–Crippen LogP) is 1.59. The van der Waals surface area contributed by atoms with E-state index in [2.05, 4.69) is 15.3 Å². The van der Waals surface area contributed by atoms with Crippen LogP contribution in [0, 0.1) is 4.77 Å². The first-order valence-electron chi connectivity index (χ1n) is 4.15. The molecule has 72 valence electrons. The minimum atomic E-state index is -0.104. The Morgan fingerprint density at radius 1 is 1.36 bits per heavy atom. The van der Waals surface area contributed by atoms with E-state index in [0.29, 0.717) is 10.3 Å². The minimum absolute atomic E-state index is 0.104. The monoisotopic (exact) mass is 207 g/mol. The lowest BCUT2D eigenvalue weighted by Gasteiger charge is -1.98. The maximum Gasteiger partial charge on any atom is 0.251 e. The number of aromatic amines is 2. The number of nitrogens with one attached hydrogen (secondary N) is 3. The fourth-order valence-electron chi connectivity index (χ4n) is 1.32. The van der Waals surface area contributed by atoms with Gasteiger partial charge in [-0.05, 0) is 30.4 Å². The molecule has 0 saturated heterocycles. The van der Waals surface area contributed by atoms with Gasteiger partial charge >= 0.3 is 0 Å². The fraction of sp³-hybridized carbons (Fsp3) is 0.111. The smallest absolute Gasteiger partial charge is 0.251 e. The molecule has 0 unspecified atom stereocenters. The van der Waals surface area contributed by atoms with Gasteiger partial charge in [-0.3, -0.25) is 4.79 Å². The highest BCUT2D eigenvalue weighted by Gasteiger charge is 2.04. The number of carbonyl (C=O) groups is 1. The van der Waals surface area contributed by atoms with Crippen molar-refractivity contribution >= 4 is 29.2 Å². The van der Waals surface area contributed by atoms with Crippen LogP contribution in [-0.4, -0.2) is 22.9 Å². The number of aromatic nitrogens is 2. The van der Waals surface area contributed by atoms with Crippen LogP contribution in [0.4, 0.5) is 0 Å². The first-order chi connectivity index (χ1) is 6.70. The summed E-state index contributed by atoms with van der Waals surface area (Å²) in [4.78, 5) is 17.2. The van der Waals surface area contributed by atoms with Gasteiger partial charge in [-0.15, -0.1) is 0 Å². The van der Waals surface area contributed by atoms with Crippen LogP contribution in [0.3, 0.4) is 0 Å². The highest BCUT2D eigenvalue weighted by Crippen LogP contribution is 2.12. The van der Waals surface area contributed by atoms with Crippen molar-refractivity contribution in [3.8, 4) is 0 Å². The third-order valence-corrected chi connectivity index (χ3v) is 2.21. The van der Waals surface area contributed by atoms with Crippen LogP contribution in [-0.2, 0) is 0 Å². The molecule has 0 aliphatic carbocycles. The normalized spacial score (nSPS) is 10.4. The van der Waals surface area contributed by atoms with Gasteiger partial charge in [-0.2, -0.15) is 0 Å². The third-order valence-electron chi connectivity index (χ3n) is 2.01. The number of amides is 1. The molecule has 0 aliphatic rings. The highest BCUT2D eigenvalue weighted by molar-refractivity contribution is 7.71. The van der Waals surface area contributed by atoms with Crippen LogP contribution in [0.25, 0.3) is 11.0 Å². The zero-order valence-corrected chi connectivity index (χ0v) is 8.37. The largest absolute Gasteiger partial charge is 0.355 e. The van der Waals surface area contributed by atoms with Gasteiger partial charge in [-0.1, -0.05) is 0 Å². The van der Waals surface area contributed by atoms with Gasteiger partial charge in [0.1, 0.15) is 0 Å². The Balaban J connectivity index is 2.61. The van der Waals surface area contributed by atoms with Crippen molar-refractivity contribution in [2.24, 2.45) is 0 Å². The Hall–Kier alpha value is -1.62. The van der Waals surface area contributed by atoms with E-state index in [9.17, 15) is 4.79 Å². The minimum Gasteiger partial charge on any atom is -0.355 e. The lowest BCUT2D eigenvalue weighted by molar-refractivity contribution is 0.0963. The molecule has 5 heteroatoms. The molecule has 1 aromatic heterocycles. The number of carbonyl (C=O) groups excluding carboxylic acids is 1. The molecule has 0 saturated carbocycles. The predicted molar refractivity (Wildman–Crippen MR) is 56.9 cm³/mol. The quantitative estimate of drug-likeness (QED) is 0.622. The Labute approximate surface area is 85.3 Å². The molecular weight excluding hydrogens is 198 g/mol. The number of fused-ring (bicyclic) bond motifs is 1. The zero-order chi connectivity index (χ0) is 10.1. The van der Waals surface area contributed by atoms with E-state index in [0.717, 1.165) is 11.0 Å². The zero-order valence-electron chi connectivity index (χ0n) is 7.55. The molecule has 0 spiro atoms. The molecule has 0 aliphatic heterocycles. The number of H-pyrrole nitrogens is 2. The highest BCUT2D eigenvalue weighted by atomic mass is 32.1. The molecule has 1 heterocycles. The molecule has 2 rings (SSSR count). The number of benzene rings is 1. The average Bonchev–Trinajstić information content (AvgIpc) is 2.55. The summed E-state index contributed by atoms with van der Waals surface area (Å²) in [6.45, 7) is 0. The first-order valence-corrected chi connectivity index (χ1v) is 4.55. The van der Waals surface area contributed by atoms with Crippen molar-refractivity contribution in [1.29, 1.82) is 0 Å². The van der Waals surface area contributed by atoms with Crippen molar-refractivity contribution in [3.63, 3.8) is 0 Å². The molecule has 1 amide bonds. The van der Waals surface area contributed by atoms with Gasteiger partial charge in [0, 0.05) is 12.6 Å². The van der Waals surface area contributed by atoms with E-state index in [1.54, 1.807) is 19.2 Å². The van der Waals surface area contributed by atoms with E-state index in [1.807, 2.05) is 6.07 Å². The number of hydrogen-bond donors (Lipinski definition) is 3. The summed E-state index contributed by atoms with van der Waals surface area (Å²) in [5.74, 6) is -0.104. The summed E-state index contributed by atoms with van der Waals surface area (Å²) in [6, 6.07) is 5.34. The van der Waals surface area contributed by atoms with E-state index < -0.39 is 0 Å². The molecule has 3 N–H and O–H groups in total. The fourth-order valence-corrected chi connectivity index (χ4v) is 1.54. The van der Waals surface area contributed by atoms with Gasteiger partial charge in [-0.25, -0.2) is 0 Å². The summed E-state index contributed by atoms with van der Waals surface area (Å²) in [7, 11) is 1.60. The summed E-state index contributed by atoms with van der Waals surface area (Å²) in [6.07, 6.45) is 0. The Bertz CT molecular complexity index is 540. The summed E-state index contributed by atoms with van der Waals surface area (Å²) in [5, 5.41) is 2.56. The Kier molecular flexibility index (Phi) is 2.09. The van der Waals surface area contributed by atoms with Crippen molar-refractivity contribution in [3.05, 3.63) is 28.5 Å². The van der Waals surface area contributed by atoms with Crippen LogP contribution >= 0.6 is 12.2 Å². The van der Waals surface area contributed by atoms with E-state index >= 15 is 0 Å². The SMILES string of the molecule is CNC(=O)c1ccc2[nH]c(=S)[nH]c2c1. The van der Waals surface area contributed by atoms with E-state index in [1.165, 1.54) is 0 Å². The number of hydrogen-bond acceptors (Lipinski definition) is 2.